The zero-order valence-corrected chi connectivity index (χ0v) is 11.0. The average Bonchev–Trinajstić information content (AvgIpc) is 2.74. The normalized spacial score (nSPS) is 15.8. The van der Waals surface area contributed by atoms with E-state index in [2.05, 4.69) is 5.32 Å². The molecule has 1 amide bonds. The van der Waals surface area contributed by atoms with Crippen LogP contribution < -0.4 is 5.32 Å². The fourth-order valence-corrected chi connectivity index (χ4v) is 2.34. The lowest BCUT2D eigenvalue weighted by Crippen LogP contribution is -2.08. The second-order valence-corrected chi connectivity index (χ2v) is 4.79. The van der Waals surface area contributed by atoms with Gasteiger partial charge in [0.2, 0.25) is 0 Å². The van der Waals surface area contributed by atoms with Crippen LogP contribution in [0.15, 0.2) is 42.5 Å². The van der Waals surface area contributed by atoms with E-state index >= 15 is 0 Å². The molecule has 2 nitrogen and oxygen atoms in total. The number of nitrogens with one attached hydrogen (secondary N) is 1. The number of alkyl halides is 3. The number of carbonyl (C=O) groups is 1. The molecule has 112 valence electrons. The highest BCUT2D eigenvalue weighted by Crippen LogP contribution is 2.37. The van der Waals surface area contributed by atoms with Crippen molar-refractivity contribution >= 4 is 23.2 Å². The third kappa shape index (κ3) is 2.47. The van der Waals surface area contributed by atoms with Crippen LogP contribution in [0.5, 0.6) is 0 Å². The standard InChI is InChI=1S/C16H9F4NO/c17-10-5-6-14-11(8-10)12(15(22)21-14)7-9-3-1-2-4-13(9)16(18,19)20/h1-8H,(H,21,22). The largest absolute Gasteiger partial charge is 0.416 e. The molecule has 0 saturated carbocycles. The summed E-state index contributed by atoms with van der Waals surface area (Å²) >= 11 is 0. The van der Waals surface area contributed by atoms with Crippen molar-refractivity contribution in [3.05, 3.63) is 65.0 Å². The third-order valence-corrected chi connectivity index (χ3v) is 3.33. The van der Waals surface area contributed by atoms with Gasteiger partial charge in [-0.2, -0.15) is 13.2 Å². The van der Waals surface area contributed by atoms with Gasteiger partial charge in [-0.25, -0.2) is 4.39 Å². The van der Waals surface area contributed by atoms with Crippen LogP contribution in [0.3, 0.4) is 0 Å². The molecular weight excluding hydrogens is 298 g/mol. The minimum absolute atomic E-state index is 0.00574. The van der Waals surface area contributed by atoms with Crippen LogP contribution in [-0.4, -0.2) is 5.91 Å². The number of carbonyl (C=O) groups excluding carboxylic acids is 1. The van der Waals surface area contributed by atoms with Crippen molar-refractivity contribution in [2.75, 3.05) is 5.32 Å². The summed E-state index contributed by atoms with van der Waals surface area (Å²) in [7, 11) is 0. The summed E-state index contributed by atoms with van der Waals surface area (Å²) in [5.74, 6) is -1.12. The molecule has 0 atom stereocenters. The molecule has 0 radical (unpaired) electrons. The molecule has 3 rings (SSSR count). The third-order valence-electron chi connectivity index (χ3n) is 3.33. The van der Waals surface area contributed by atoms with Crippen molar-refractivity contribution in [2.45, 2.75) is 6.18 Å². The first-order valence-corrected chi connectivity index (χ1v) is 6.35. The van der Waals surface area contributed by atoms with Gasteiger partial charge in [-0.3, -0.25) is 4.79 Å². The number of rotatable bonds is 1. The van der Waals surface area contributed by atoms with E-state index in [1.165, 1.54) is 30.3 Å². The fourth-order valence-electron chi connectivity index (χ4n) is 2.34. The Balaban J connectivity index is 2.15. The van der Waals surface area contributed by atoms with E-state index in [9.17, 15) is 22.4 Å². The second-order valence-electron chi connectivity index (χ2n) is 4.79. The zero-order chi connectivity index (χ0) is 15.9. The Labute approximate surface area is 123 Å². The number of anilines is 1. The second kappa shape index (κ2) is 4.98. The van der Waals surface area contributed by atoms with Gasteiger partial charge in [0.1, 0.15) is 5.82 Å². The van der Waals surface area contributed by atoms with Crippen LogP contribution in [0.25, 0.3) is 11.6 Å². The predicted octanol–water partition coefficient (Wildman–Crippen LogP) is 4.34. The highest BCUT2D eigenvalue weighted by molar-refractivity contribution is 6.34. The molecule has 1 aliphatic rings. The van der Waals surface area contributed by atoms with Crippen LogP contribution in [0.1, 0.15) is 16.7 Å². The molecule has 1 aliphatic heterocycles. The monoisotopic (exact) mass is 307 g/mol. The molecule has 0 aromatic heterocycles. The minimum atomic E-state index is -4.53. The van der Waals surface area contributed by atoms with Crippen LogP contribution in [0.2, 0.25) is 0 Å². The molecule has 0 unspecified atom stereocenters. The molecule has 0 saturated heterocycles. The molecular formula is C16H9F4NO. The molecule has 6 heteroatoms. The van der Waals surface area contributed by atoms with Crippen molar-refractivity contribution in [1.29, 1.82) is 0 Å². The predicted molar refractivity (Wildman–Crippen MR) is 74.3 cm³/mol. The van der Waals surface area contributed by atoms with Crippen molar-refractivity contribution in [1.82, 2.24) is 0 Å². The Hall–Kier alpha value is -2.63. The Morgan fingerprint density at radius 3 is 2.50 bits per heavy atom. The van der Waals surface area contributed by atoms with Crippen molar-refractivity contribution < 1.29 is 22.4 Å². The lowest BCUT2D eigenvalue weighted by Gasteiger charge is -2.10. The van der Waals surface area contributed by atoms with E-state index in [1.807, 2.05) is 0 Å². The van der Waals surface area contributed by atoms with Crippen molar-refractivity contribution in [3.63, 3.8) is 0 Å². The van der Waals surface area contributed by atoms with Crippen LogP contribution in [0.4, 0.5) is 23.2 Å². The molecule has 1 heterocycles. The number of halogens is 4. The van der Waals surface area contributed by atoms with Gasteiger partial charge in [0.05, 0.1) is 5.56 Å². The van der Waals surface area contributed by atoms with Crippen LogP contribution in [-0.2, 0) is 11.0 Å². The summed E-state index contributed by atoms with van der Waals surface area (Å²) in [5.41, 5.74) is -0.354. The lowest BCUT2D eigenvalue weighted by molar-refractivity contribution is -0.137. The van der Waals surface area contributed by atoms with E-state index in [0.29, 0.717) is 5.69 Å². The molecule has 0 spiro atoms. The molecule has 2 aromatic carbocycles. The summed E-state index contributed by atoms with van der Waals surface area (Å²) < 4.78 is 52.3. The summed E-state index contributed by atoms with van der Waals surface area (Å²) in [4.78, 5) is 11.9. The molecule has 0 fully saturated rings. The van der Waals surface area contributed by atoms with E-state index < -0.39 is 23.5 Å². The lowest BCUT2D eigenvalue weighted by atomic mass is 10.0. The maximum Gasteiger partial charge on any atom is 0.416 e. The summed E-state index contributed by atoms with van der Waals surface area (Å²) in [6.07, 6.45) is -3.41. The molecule has 0 aliphatic carbocycles. The van der Waals surface area contributed by atoms with E-state index in [1.54, 1.807) is 0 Å². The first kappa shape index (κ1) is 14.3. The van der Waals surface area contributed by atoms with Gasteiger partial charge in [0.15, 0.2) is 0 Å². The SMILES string of the molecule is O=C1Nc2ccc(F)cc2C1=Cc1ccccc1C(F)(F)F. The van der Waals surface area contributed by atoms with Crippen molar-refractivity contribution in [2.24, 2.45) is 0 Å². The highest BCUT2D eigenvalue weighted by Gasteiger charge is 2.33. The molecule has 22 heavy (non-hydrogen) atoms. The first-order valence-electron chi connectivity index (χ1n) is 6.35. The maximum atomic E-state index is 13.3. The molecule has 2 aromatic rings. The number of fused-ring (bicyclic) bond motifs is 1. The Morgan fingerprint density at radius 1 is 1.05 bits per heavy atom. The van der Waals surface area contributed by atoms with E-state index in [-0.39, 0.29) is 16.7 Å². The first-order chi connectivity index (χ1) is 10.4. The van der Waals surface area contributed by atoms with Gasteiger partial charge in [0, 0.05) is 16.8 Å². The quantitative estimate of drug-likeness (QED) is 0.616. The van der Waals surface area contributed by atoms with Gasteiger partial charge in [-0.05, 0) is 35.9 Å². The summed E-state index contributed by atoms with van der Waals surface area (Å²) in [6, 6.07) is 8.58. The maximum absolute atomic E-state index is 13.3. The minimum Gasteiger partial charge on any atom is -0.321 e. The highest BCUT2D eigenvalue weighted by atomic mass is 19.4. The Kier molecular flexibility index (Phi) is 3.24. The summed E-state index contributed by atoms with van der Waals surface area (Å²) in [6.45, 7) is 0. The number of hydrogen-bond acceptors (Lipinski definition) is 1. The van der Waals surface area contributed by atoms with Crippen LogP contribution >= 0.6 is 0 Å². The van der Waals surface area contributed by atoms with E-state index in [4.69, 9.17) is 0 Å². The average molecular weight is 307 g/mol. The van der Waals surface area contributed by atoms with Gasteiger partial charge >= 0.3 is 6.18 Å². The molecule has 1 N–H and O–H groups in total. The van der Waals surface area contributed by atoms with Gasteiger partial charge in [-0.15, -0.1) is 0 Å². The van der Waals surface area contributed by atoms with E-state index in [0.717, 1.165) is 18.2 Å². The Morgan fingerprint density at radius 2 is 1.77 bits per heavy atom. The number of amides is 1. The van der Waals surface area contributed by atoms with Gasteiger partial charge in [0.25, 0.3) is 5.91 Å². The smallest absolute Gasteiger partial charge is 0.321 e. The number of hydrogen-bond donors (Lipinski definition) is 1. The van der Waals surface area contributed by atoms with Crippen LogP contribution in [0, 0.1) is 5.82 Å². The van der Waals surface area contributed by atoms with Gasteiger partial charge < -0.3 is 5.32 Å². The van der Waals surface area contributed by atoms with Gasteiger partial charge in [-0.1, -0.05) is 18.2 Å². The fraction of sp³-hybridized carbons (Fsp3) is 0.0625. The topological polar surface area (TPSA) is 29.1 Å². The zero-order valence-electron chi connectivity index (χ0n) is 11.0. The summed E-state index contributed by atoms with van der Waals surface area (Å²) in [5, 5.41) is 2.50. The number of benzene rings is 2. The van der Waals surface area contributed by atoms with Crippen molar-refractivity contribution in [3.8, 4) is 0 Å². The molecule has 0 bridgehead atoms. The Bertz CT molecular complexity index is 793.